The minimum atomic E-state index is -4.89. The molecule has 9 heteroatoms. The van der Waals surface area contributed by atoms with Crippen LogP contribution >= 0.6 is 15.9 Å². The van der Waals surface area contributed by atoms with Crippen LogP contribution in [0.2, 0.25) is 0 Å². The van der Waals surface area contributed by atoms with Crippen LogP contribution in [-0.4, -0.2) is 23.7 Å². The number of rotatable bonds is 3. The molecule has 4 nitrogen and oxygen atoms in total. The zero-order valence-corrected chi connectivity index (χ0v) is 9.12. The molecule has 0 radical (unpaired) electrons. The average Bonchev–Trinajstić information content (AvgIpc) is 2.06. The number of alkyl halides is 3. The molecule has 0 aliphatic rings. The molecule has 0 amide bonds. The van der Waals surface area contributed by atoms with Crippen molar-refractivity contribution >= 4 is 23.3 Å². The lowest BCUT2D eigenvalue weighted by atomic mass is 10.2. The van der Waals surface area contributed by atoms with Gasteiger partial charge in [-0.3, -0.25) is 0 Å². The molecule has 0 saturated heterocycles. The summed E-state index contributed by atoms with van der Waals surface area (Å²) in [6.45, 7) is 0. The van der Waals surface area contributed by atoms with Gasteiger partial charge in [0.25, 0.3) is 0 Å². The van der Waals surface area contributed by atoms with Gasteiger partial charge >= 0.3 is 13.7 Å². The summed E-state index contributed by atoms with van der Waals surface area (Å²) in [5.74, 6) is -1.11. The number of hydrogen-bond acceptors (Lipinski definition) is 4. The van der Waals surface area contributed by atoms with Gasteiger partial charge in [0.1, 0.15) is 5.75 Å². The van der Waals surface area contributed by atoms with Crippen molar-refractivity contribution in [3.05, 3.63) is 22.7 Å². The monoisotopic (exact) mass is 300 g/mol. The minimum absolute atomic E-state index is 0.325. The molecule has 0 fully saturated rings. The van der Waals surface area contributed by atoms with Gasteiger partial charge in [-0.2, -0.15) is 0 Å². The fourth-order valence-corrected chi connectivity index (χ4v) is 1.24. The van der Waals surface area contributed by atoms with E-state index in [-0.39, 0.29) is 0 Å². The van der Waals surface area contributed by atoms with E-state index in [1.54, 1.807) is 0 Å². The van der Waals surface area contributed by atoms with E-state index >= 15 is 0 Å². The molecule has 1 aromatic carbocycles. The fraction of sp³-hybridized carbons (Fsp3) is 0.143. The van der Waals surface area contributed by atoms with Crippen molar-refractivity contribution in [2.24, 2.45) is 0 Å². The lowest BCUT2D eigenvalue weighted by molar-refractivity contribution is -0.275. The number of benzene rings is 1. The van der Waals surface area contributed by atoms with Crippen LogP contribution in [0.3, 0.4) is 0 Å². The van der Waals surface area contributed by atoms with E-state index in [1.807, 2.05) is 0 Å². The van der Waals surface area contributed by atoms with Gasteiger partial charge in [0, 0.05) is 4.47 Å². The predicted molar refractivity (Wildman–Crippen MR) is 51.6 cm³/mol. The Labute approximate surface area is 96.9 Å². The summed E-state index contributed by atoms with van der Waals surface area (Å²) in [5.41, 5.74) is 0. The molecule has 0 aromatic heterocycles. The van der Waals surface area contributed by atoms with Gasteiger partial charge in [0.05, 0.1) is 0 Å². The topological polar surface area (TPSA) is 58.9 Å². The van der Waals surface area contributed by atoms with Gasteiger partial charge < -0.3 is 19.4 Å². The van der Waals surface area contributed by atoms with Crippen molar-refractivity contribution in [1.29, 1.82) is 0 Å². The third-order valence-corrected chi connectivity index (χ3v) is 1.86. The van der Waals surface area contributed by atoms with Crippen molar-refractivity contribution in [3.8, 4) is 11.5 Å². The van der Waals surface area contributed by atoms with Gasteiger partial charge in [-0.15, -0.1) is 13.2 Å². The van der Waals surface area contributed by atoms with Gasteiger partial charge in [-0.05, 0) is 18.2 Å². The quantitative estimate of drug-likeness (QED) is 0.834. The average molecular weight is 301 g/mol. The third-order valence-electron chi connectivity index (χ3n) is 1.36. The molecule has 0 aliphatic heterocycles. The molecule has 0 heterocycles. The Morgan fingerprint density at radius 3 is 2.31 bits per heavy atom. The van der Waals surface area contributed by atoms with Gasteiger partial charge in [-0.1, -0.05) is 15.9 Å². The number of hydrogen-bond donors (Lipinski definition) is 2. The summed E-state index contributed by atoms with van der Waals surface area (Å²) in [5, 5.41) is 17.0. The van der Waals surface area contributed by atoms with Crippen LogP contribution in [0.1, 0.15) is 0 Å². The second-order valence-corrected chi connectivity index (χ2v) is 3.50. The van der Waals surface area contributed by atoms with Crippen molar-refractivity contribution in [3.63, 3.8) is 0 Å². The maximum absolute atomic E-state index is 12.0. The van der Waals surface area contributed by atoms with Crippen molar-refractivity contribution in [2.75, 3.05) is 0 Å². The summed E-state index contributed by atoms with van der Waals surface area (Å²) in [4.78, 5) is 0. The Bertz CT molecular complexity index is 371. The first kappa shape index (κ1) is 13.1. The van der Waals surface area contributed by atoms with Gasteiger partial charge in [-0.25, -0.2) is 0 Å². The predicted octanol–water partition coefficient (Wildman–Crippen LogP) is 1.70. The Hall–Kier alpha value is -0.925. The van der Waals surface area contributed by atoms with Crippen LogP contribution in [0, 0.1) is 0 Å². The minimum Gasteiger partial charge on any atom is -0.509 e. The second-order valence-electron chi connectivity index (χ2n) is 2.58. The van der Waals surface area contributed by atoms with Crippen molar-refractivity contribution in [1.82, 2.24) is 0 Å². The standard InChI is InChI=1S/C7H5BBrF3O4/c9-4-1-2-5(16-8(13)14)6(3-4)15-7(10,11)12/h1-3,13-14H. The van der Waals surface area contributed by atoms with Crippen molar-refractivity contribution in [2.45, 2.75) is 6.36 Å². The molecule has 88 valence electrons. The van der Waals surface area contributed by atoms with E-state index in [4.69, 9.17) is 10.0 Å². The lowest BCUT2D eigenvalue weighted by Crippen LogP contribution is -2.23. The van der Waals surface area contributed by atoms with E-state index in [9.17, 15) is 13.2 Å². The number of halogens is 4. The first-order valence-electron chi connectivity index (χ1n) is 3.86. The molecule has 2 N–H and O–H groups in total. The molecule has 1 rings (SSSR count). The summed E-state index contributed by atoms with van der Waals surface area (Å²) in [7, 11) is -2.23. The molecule has 1 aromatic rings. The zero-order valence-electron chi connectivity index (χ0n) is 7.53. The highest BCUT2D eigenvalue weighted by atomic mass is 79.9. The molecule has 0 saturated carbocycles. The molecule has 0 aliphatic carbocycles. The Kier molecular flexibility index (Phi) is 4.06. The summed E-state index contributed by atoms with van der Waals surface area (Å²) in [6, 6.07) is 3.46. The van der Waals surface area contributed by atoms with E-state index < -0.39 is 25.2 Å². The SMILES string of the molecule is OB(O)Oc1ccc(Br)cc1OC(F)(F)F. The van der Waals surface area contributed by atoms with Crippen LogP contribution < -0.4 is 9.39 Å². The Morgan fingerprint density at radius 1 is 1.19 bits per heavy atom. The summed E-state index contributed by atoms with van der Waals surface area (Å²) >= 11 is 2.94. The van der Waals surface area contributed by atoms with Crippen LogP contribution in [0.15, 0.2) is 22.7 Å². The first-order valence-corrected chi connectivity index (χ1v) is 4.65. The largest absolute Gasteiger partial charge is 0.707 e. The lowest BCUT2D eigenvalue weighted by Gasteiger charge is -2.14. The molecule has 0 atom stereocenters. The normalized spacial score (nSPS) is 11.1. The molecule has 16 heavy (non-hydrogen) atoms. The zero-order chi connectivity index (χ0) is 12.3. The molecule has 0 bridgehead atoms. The highest BCUT2D eigenvalue weighted by Gasteiger charge is 2.33. The molecular weight excluding hydrogens is 296 g/mol. The number of ether oxygens (including phenoxy) is 1. The highest BCUT2D eigenvalue weighted by Crippen LogP contribution is 2.34. The van der Waals surface area contributed by atoms with Gasteiger partial charge in [0.15, 0.2) is 5.75 Å². The van der Waals surface area contributed by atoms with Crippen molar-refractivity contribution < 1.29 is 32.6 Å². The maximum Gasteiger partial charge on any atom is 0.707 e. The van der Waals surface area contributed by atoms with E-state index in [0.717, 1.165) is 12.1 Å². The molecular formula is C7H5BBrF3O4. The maximum atomic E-state index is 12.0. The Morgan fingerprint density at radius 2 is 1.81 bits per heavy atom. The summed E-state index contributed by atoms with van der Waals surface area (Å²) < 4.78 is 44.2. The van der Waals surface area contributed by atoms with Crippen LogP contribution in [0.25, 0.3) is 0 Å². The first-order chi connectivity index (χ1) is 7.28. The molecule has 0 unspecified atom stereocenters. The van der Waals surface area contributed by atoms with Gasteiger partial charge in [0.2, 0.25) is 0 Å². The highest BCUT2D eigenvalue weighted by molar-refractivity contribution is 9.10. The summed E-state index contributed by atoms with van der Waals surface area (Å²) in [6.07, 6.45) is -4.89. The molecule has 0 spiro atoms. The Balaban J connectivity index is 2.98. The smallest absolute Gasteiger partial charge is 0.509 e. The van der Waals surface area contributed by atoms with E-state index in [2.05, 4.69) is 25.3 Å². The van der Waals surface area contributed by atoms with Crippen LogP contribution in [0.4, 0.5) is 13.2 Å². The second kappa shape index (κ2) is 4.94. The van der Waals surface area contributed by atoms with Crippen LogP contribution in [-0.2, 0) is 0 Å². The van der Waals surface area contributed by atoms with Crippen LogP contribution in [0.5, 0.6) is 11.5 Å². The third kappa shape index (κ3) is 4.29. The van der Waals surface area contributed by atoms with E-state index in [0.29, 0.717) is 4.47 Å². The fourth-order valence-electron chi connectivity index (χ4n) is 0.897. The van der Waals surface area contributed by atoms with E-state index in [1.165, 1.54) is 6.07 Å².